The Bertz CT molecular complexity index is 817. The lowest BCUT2D eigenvalue weighted by atomic mass is 10.5. The van der Waals surface area contributed by atoms with E-state index in [0.29, 0.717) is 20.2 Å². The summed E-state index contributed by atoms with van der Waals surface area (Å²) in [7, 11) is 0. The Hall–Kier alpha value is -1.40. The number of carbonyl (C=O) groups excluding carboxylic acids is 4. The molecule has 0 N–H and O–H groups in total. The monoisotopic (exact) mass is 464 g/mol. The lowest BCUT2D eigenvalue weighted by Gasteiger charge is -2.12. The molecule has 0 atom stereocenters. The number of hydrogen-bond donors (Lipinski definition) is 0. The minimum atomic E-state index is -0.489. The van der Waals surface area contributed by atoms with Crippen LogP contribution in [-0.2, 0) is 19.2 Å². The topological polar surface area (TPSA) is 101 Å². The van der Waals surface area contributed by atoms with Crippen LogP contribution in [0.3, 0.4) is 0 Å². The Balaban J connectivity index is 1.40. The Morgan fingerprint density at radius 3 is 1.56 bits per heavy atom. The van der Waals surface area contributed by atoms with Gasteiger partial charge in [-0.2, -0.15) is 0 Å². The van der Waals surface area contributed by atoms with E-state index < -0.39 is 23.6 Å². The van der Waals surface area contributed by atoms with E-state index in [1.165, 1.54) is 34.9 Å². The van der Waals surface area contributed by atoms with Gasteiger partial charge in [0, 0.05) is 36.7 Å². The summed E-state index contributed by atoms with van der Waals surface area (Å²) in [5.41, 5.74) is 0. The number of imide groups is 2. The fourth-order valence-electron chi connectivity index (χ4n) is 2.14. The first-order valence-corrected chi connectivity index (χ1v) is 11.0. The number of rotatable bonds is 8. The molecule has 1 aromatic rings. The van der Waals surface area contributed by atoms with Crippen LogP contribution in [0.25, 0.3) is 0 Å². The van der Waals surface area contributed by atoms with Crippen molar-refractivity contribution >= 4 is 81.7 Å². The van der Waals surface area contributed by atoms with Gasteiger partial charge in [-0.25, -0.2) is 0 Å². The molecule has 0 spiro atoms. The third-order valence-electron chi connectivity index (χ3n) is 3.40. The molecule has 2 aliphatic rings. The van der Waals surface area contributed by atoms with Crippen molar-refractivity contribution in [1.29, 1.82) is 0 Å². The fourth-order valence-corrected chi connectivity index (χ4v) is 5.54. The van der Waals surface area contributed by atoms with E-state index in [4.69, 9.17) is 23.2 Å². The number of nitrogens with zero attached hydrogens (tertiary/aromatic N) is 4. The van der Waals surface area contributed by atoms with Crippen molar-refractivity contribution in [3.63, 3.8) is 0 Å². The van der Waals surface area contributed by atoms with E-state index in [0.717, 1.165) is 22.0 Å². The van der Waals surface area contributed by atoms with Gasteiger partial charge in [-0.15, -0.1) is 10.2 Å². The molecule has 142 valence electrons. The summed E-state index contributed by atoms with van der Waals surface area (Å²) in [6.45, 7) is 0.452. The average Bonchev–Trinajstić information content (AvgIpc) is 3.24. The molecule has 0 aliphatic carbocycles. The van der Waals surface area contributed by atoms with Crippen molar-refractivity contribution in [2.45, 2.75) is 8.68 Å². The van der Waals surface area contributed by atoms with Gasteiger partial charge in [-0.3, -0.25) is 29.0 Å². The highest BCUT2D eigenvalue weighted by Crippen LogP contribution is 2.29. The first kappa shape index (κ1) is 20.3. The summed E-state index contributed by atoms with van der Waals surface area (Å²) < 4.78 is 1.38. The number of halogens is 2. The average molecular weight is 465 g/mol. The molecule has 0 fully saturated rings. The summed E-state index contributed by atoms with van der Waals surface area (Å²) in [4.78, 5) is 48.6. The number of hydrogen-bond acceptors (Lipinski definition) is 9. The van der Waals surface area contributed by atoms with E-state index in [9.17, 15) is 19.2 Å². The maximum Gasteiger partial charge on any atom is 0.272 e. The van der Waals surface area contributed by atoms with Crippen LogP contribution in [-0.4, -0.2) is 68.2 Å². The summed E-state index contributed by atoms with van der Waals surface area (Å²) in [5.74, 6) is -0.877. The number of carbonyl (C=O) groups is 4. The summed E-state index contributed by atoms with van der Waals surface area (Å²) in [6, 6.07) is 0. The highest BCUT2D eigenvalue weighted by Gasteiger charge is 2.30. The van der Waals surface area contributed by atoms with Crippen molar-refractivity contribution in [3.8, 4) is 0 Å². The molecule has 0 saturated carbocycles. The highest BCUT2D eigenvalue weighted by atomic mass is 35.5. The van der Waals surface area contributed by atoms with Gasteiger partial charge in [0.05, 0.1) is 0 Å². The molecule has 3 rings (SSSR count). The molecule has 2 aliphatic heterocycles. The quantitative estimate of drug-likeness (QED) is 0.423. The third kappa shape index (κ3) is 4.72. The van der Waals surface area contributed by atoms with E-state index >= 15 is 0 Å². The fraction of sp³-hybridized carbons (Fsp3) is 0.286. The minimum Gasteiger partial charge on any atom is -0.273 e. The van der Waals surface area contributed by atoms with Gasteiger partial charge in [-0.1, -0.05) is 58.1 Å². The standard InChI is InChI=1S/C14H10Cl2N4O4S3/c15-7-5-9(21)19(11(7)23)1-3-25-13-17-18-14(27-13)26-4-2-20-10(22)6-8(16)12(20)24/h5-6H,1-4H2. The van der Waals surface area contributed by atoms with Crippen LogP contribution in [0, 0.1) is 0 Å². The molecule has 0 aromatic carbocycles. The van der Waals surface area contributed by atoms with Crippen LogP contribution < -0.4 is 0 Å². The smallest absolute Gasteiger partial charge is 0.272 e. The third-order valence-corrected chi connectivity index (χ3v) is 7.09. The number of amides is 4. The van der Waals surface area contributed by atoms with Crippen LogP contribution in [0.5, 0.6) is 0 Å². The second-order valence-electron chi connectivity index (χ2n) is 5.11. The summed E-state index contributed by atoms with van der Waals surface area (Å²) in [6.07, 6.45) is 2.21. The van der Waals surface area contributed by atoms with E-state index in [2.05, 4.69) is 10.2 Å². The number of aromatic nitrogens is 2. The van der Waals surface area contributed by atoms with Crippen LogP contribution in [0.15, 0.2) is 30.9 Å². The van der Waals surface area contributed by atoms with Crippen LogP contribution in [0.1, 0.15) is 0 Å². The normalized spacial score (nSPS) is 17.3. The van der Waals surface area contributed by atoms with Crippen molar-refractivity contribution in [1.82, 2.24) is 20.0 Å². The molecule has 0 radical (unpaired) electrons. The summed E-state index contributed by atoms with van der Waals surface area (Å²) >= 11 is 15.4. The maximum absolute atomic E-state index is 11.7. The molecular weight excluding hydrogens is 455 g/mol. The first-order chi connectivity index (χ1) is 12.9. The lowest BCUT2D eigenvalue weighted by molar-refractivity contribution is -0.138. The molecule has 1 aromatic heterocycles. The number of thioether (sulfide) groups is 2. The van der Waals surface area contributed by atoms with Crippen molar-refractivity contribution in [3.05, 3.63) is 22.2 Å². The molecule has 0 saturated heterocycles. The highest BCUT2D eigenvalue weighted by molar-refractivity contribution is 8.03. The zero-order chi connectivity index (χ0) is 19.6. The predicted octanol–water partition coefficient (Wildman–Crippen LogP) is 1.71. The van der Waals surface area contributed by atoms with Gasteiger partial charge in [-0.05, 0) is 0 Å². The molecule has 4 amide bonds. The van der Waals surface area contributed by atoms with Gasteiger partial charge in [0.25, 0.3) is 23.6 Å². The van der Waals surface area contributed by atoms with Gasteiger partial charge >= 0.3 is 0 Å². The minimum absolute atomic E-state index is 0.0777. The zero-order valence-corrected chi connectivity index (χ0v) is 17.3. The Morgan fingerprint density at radius 2 is 1.22 bits per heavy atom. The van der Waals surface area contributed by atoms with Gasteiger partial charge in [0.15, 0.2) is 8.68 Å². The van der Waals surface area contributed by atoms with Gasteiger partial charge < -0.3 is 0 Å². The van der Waals surface area contributed by atoms with Crippen LogP contribution in [0.4, 0.5) is 0 Å². The Morgan fingerprint density at radius 1 is 0.815 bits per heavy atom. The van der Waals surface area contributed by atoms with E-state index in [1.54, 1.807) is 0 Å². The SMILES string of the molecule is O=C1C=C(Cl)C(=O)N1CCSc1nnc(SCCN2C(=O)C=C(Cl)C2=O)s1. The van der Waals surface area contributed by atoms with Gasteiger partial charge in [0.1, 0.15) is 10.1 Å². The molecular formula is C14H10Cl2N4O4S3. The summed E-state index contributed by atoms with van der Waals surface area (Å²) in [5, 5.41) is 7.90. The maximum atomic E-state index is 11.7. The zero-order valence-electron chi connectivity index (χ0n) is 13.4. The molecule has 0 unspecified atom stereocenters. The van der Waals surface area contributed by atoms with E-state index in [1.807, 2.05) is 0 Å². The van der Waals surface area contributed by atoms with Crippen LogP contribution >= 0.6 is 58.1 Å². The second kappa shape index (κ2) is 8.74. The van der Waals surface area contributed by atoms with Crippen LogP contribution in [0.2, 0.25) is 0 Å². The molecule has 8 nitrogen and oxygen atoms in total. The predicted molar refractivity (Wildman–Crippen MR) is 103 cm³/mol. The van der Waals surface area contributed by atoms with Crippen molar-refractivity contribution in [2.75, 3.05) is 24.6 Å². The second-order valence-corrected chi connectivity index (χ2v) is 9.58. The Kier molecular flexibility index (Phi) is 6.58. The van der Waals surface area contributed by atoms with Gasteiger partial charge in [0.2, 0.25) is 0 Å². The Labute approximate surface area is 175 Å². The van der Waals surface area contributed by atoms with E-state index in [-0.39, 0.29) is 23.2 Å². The molecule has 3 heterocycles. The van der Waals surface area contributed by atoms with Crippen molar-refractivity contribution in [2.24, 2.45) is 0 Å². The lowest BCUT2D eigenvalue weighted by Crippen LogP contribution is -2.32. The molecule has 0 bridgehead atoms. The largest absolute Gasteiger partial charge is 0.273 e. The molecule has 27 heavy (non-hydrogen) atoms. The van der Waals surface area contributed by atoms with Crippen molar-refractivity contribution < 1.29 is 19.2 Å². The first-order valence-electron chi connectivity index (χ1n) is 7.42. The molecule has 13 heteroatoms.